The van der Waals surface area contributed by atoms with E-state index in [1.165, 1.54) is 6.07 Å². The maximum atomic E-state index is 12.7. The highest BCUT2D eigenvalue weighted by Crippen LogP contribution is 2.27. The van der Waals surface area contributed by atoms with Crippen LogP contribution in [0.15, 0.2) is 53.5 Å². The second kappa shape index (κ2) is 8.49. The van der Waals surface area contributed by atoms with Crippen LogP contribution in [0.25, 0.3) is 11.5 Å². The van der Waals surface area contributed by atoms with Gasteiger partial charge in [0.15, 0.2) is 12.4 Å². The first-order valence-electron chi connectivity index (χ1n) is 10.0. The lowest BCUT2D eigenvalue weighted by molar-refractivity contribution is -0.132. The smallest absolute Gasteiger partial charge is 0.260 e. The summed E-state index contributed by atoms with van der Waals surface area (Å²) >= 11 is 0. The molecule has 1 amide bonds. The quantitative estimate of drug-likeness (QED) is 0.706. The number of hydrogen-bond donors (Lipinski definition) is 1. The van der Waals surface area contributed by atoms with Gasteiger partial charge in [-0.2, -0.15) is 0 Å². The van der Waals surface area contributed by atoms with Crippen LogP contribution in [-0.4, -0.2) is 45.5 Å². The minimum atomic E-state index is -0.219. The SMILES string of the molecule is Cc1cccc(C)c1OCC(=O)N1CC[C@H](c2cc(=O)[nH]c(-c3ccccn3)n2)C1. The Morgan fingerprint density at radius 3 is 2.73 bits per heavy atom. The molecule has 2 aromatic heterocycles. The fourth-order valence-electron chi connectivity index (χ4n) is 3.79. The summed E-state index contributed by atoms with van der Waals surface area (Å²) < 4.78 is 5.81. The van der Waals surface area contributed by atoms with Crippen molar-refractivity contribution in [2.75, 3.05) is 19.7 Å². The molecule has 0 radical (unpaired) electrons. The number of hydrogen-bond acceptors (Lipinski definition) is 5. The molecule has 4 rings (SSSR count). The highest BCUT2D eigenvalue weighted by atomic mass is 16.5. The molecule has 1 atom stereocenters. The van der Waals surface area contributed by atoms with Crippen molar-refractivity contribution in [2.24, 2.45) is 0 Å². The van der Waals surface area contributed by atoms with Crippen molar-refractivity contribution in [3.63, 3.8) is 0 Å². The lowest BCUT2D eigenvalue weighted by Gasteiger charge is -2.18. The molecule has 3 heterocycles. The van der Waals surface area contributed by atoms with Gasteiger partial charge in [0.25, 0.3) is 11.5 Å². The number of nitrogens with one attached hydrogen (secondary N) is 1. The molecule has 0 spiro atoms. The highest BCUT2D eigenvalue weighted by molar-refractivity contribution is 5.78. The van der Waals surface area contributed by atoms with Crippen molar-refractivity contribution in [2.45, 2.75) is 26.2 Å². The molecule has 3 aromatic rings. The van der Waals surface area contributed by atoms with Crippen LogP contribution in [0, 0.1) is 13.8 Å². The molecule has 1 aromatic carbocycles. The summed E-state index contributed by atoms with van der Waals surface area (Å²) in [7, 11) is 0. The molecule has 1 aliphatic rings. The average molecular weight is 404 g/mol. The van der Waals surface area contributed by atoms with E-state index in [1.807, 2.05) is 44.2 Å². The van der Waals surface area contributed by atoms with E-state index >= 15 is 0 Å². The first-order valence-corrected chi connectivity index (χ1v) is 10.0. The van der Waals surface area contributed by atoms with Crippen LogP contribution >= 0.6 is 0 Å². The summed E-state index contributed by atoms with van der Waals surface area (Å²) in [6.45, 7) is 5.08. The minimum absolute atomic E-state index is 0.000397. The summed E-state index contributed by atoms with van der Waals surface area (Å²) in [4.78, 5) is 38.2. The van der Waals surface area contributed by atoms with E-state index < -0.39 is 0 Å². The molecule has 1 N–H and O–H groups in total. The third-order valence-corrected chi connectivity index (χ3v) is 5.38. The highest BCUT2D eigenvalue weighted by Gasteiger charge is 2.29. The first kappa shape index (κ1) is 19.8. The van der Waals surface area contributed by atoms with E-state index in [0.717, 1.165) is 23.3 Å². The van der Waals surface area contributed by atoms with Crippen LogP contribution in [0.1, 0.15) is 29.2 Å². The van der Waals surface area contributed by atoms with Crippen LogP contribution in [0.5, 0.6) is 5.75 Å². The fourth-order valence-corrected chi connectivity index (χ4v) is 3.79. The lowest BCUT2D eigenvalue weighted by Crippen LogP contribution is -2.33. The number of para-hydroxylation sites is 1. The van der Waals surface area contributed by atoms with Gasteiger partial charge in [0.2, 0.25) is 0 Å². The number of aromatic amines is 1. The van der Waals surface area contributed by atoms with Gasteiger partial charge in [-0.15, -0.1) is 0 Å². The first-order chi connectivity index (χ1) is 14.5. The fraction of sp³-hybridized carbons (Fsp3) is 0.304. The molecular formula is C23H24N4O3. The molecule has 0 bridgehead atoms. The Kier molecular flexibility index (Phi) is 5.61. The zero-order chi connectivity index (χ0) is 21.1. The van der Waals surface area contributed by atoms with Crippen LogP contribution in [0.4, 0.5) is 0 Å². The normalized spacial score (nSPS) is 15.9. The molecule has 0 aliphatic carbocycles. The number of H-pyrrole nitrogens is 1. The van der Waals surface area contributed by atoms with Crippen molar-refractivity contribution < 1.29 is 9.53 Å². The second-order valence-electron chi connectivity index (χ2n) is 7.57. The summed E-state index contributed by atoms with van der Waals surface area (Å²) in [5, 5.41) is 0. The van der Waals surface area contributed by atoms with Crippen molar-refractivity contribution in [3.8, 4) is 17.3 Å². The predicted octanol–water partition coefficient (Wildman–Crippen LogP) is 2.84. The number of rotatable bonds is 5. The Bertz CT molecular complexity index is 1090. The third kappa shape index (κ3) is 4.25. The Hall–Kier alpha value is -3.48. The Balaban J connectivity index is 1.44. The van der Waals surface area contributed by atoms with Crippen LogP contribution in [0.2, 0.25) is 0 Å². The minimum Gasteiger partial charge on any atom is -0.483 e. The van der Waals surface area contributed by atoms with Crippen LogP contribution in [-0.2, 0) is 4.79 Å². The summed E-state index contributed by atoms with van der Waals surface area (Å²) in [6.07, 6.45) is 2.42. The molecule has 0 saturated carbocycles. The van der Waals surface area contributed by atoms with E-state index in [9.17, 15) is 9.59 Å². The molecule has 1 aliphatic heterocycles. The van der Waals surface area contributed by atoms with Crippen LogP contribution < -0.4 is 10.3 Å². The van der Waals surface area contributed by atoms with Gasteiger partial charge in [-0.25, -0.2) is 4.98 Å². The number of amides is 1. The number of aryl methyl sites for hydroxylation is 2. The molecule has 0 unspecified atom stereocenters. The molecule has 1 fully saturated rings. The number of nitrogens with zero attached hydrogens (tertiary/aromatic N) is 3. The maximum absolute atomic E-state index is 12.7. The van der Waals surface area contributed by atoms with Gasteiger partial charge < -0.3 is 14.6 Å². The average Bonchev–Trinajstić information content (AvgIpc) is 3.24. The third-order valence-electron chi connectivity index (χ3n) is 5.38. The lowest BCUT2D eigenvalue weighted by atomic mass is 10.0. The predicted molar refractivity (Wildman–Crippen MR) is 113 cm³/mol. The van der Waals surface area contributed by atoms with Gasteiger partial charge in [0.1, 0.15) is 11.4 Å². The van der Waals surface area contributed by atoms with Crippen molar-refractivity contribution in [3.05, 3.63) is 75.8 Å². The van der Waals surface area contributed by atoms with Gasteiger partial charge >= 0.3 is 0 Å². The summed E-state index contributed by atoms with van der Waals surface area (Å²) in [5.41, 5.74) is 3.10. The number of aromatic nitrogens is 3. The van der Waals surface area contributed by atoms with Gasteiger partial charge in [0, 0.05) is 31.3 Å². The molecule has 7 nitrogen and oxygen atoms in total. The Morgan fingerprint density at radius 2 is 2.00 bits per heavy atom. The molecule has 1 saturated heterocycles. The standard InChI is InChI=1S/C23H24N4O3/c1-15-6-5-7-16(2)22(15)30-14-21(29)27-11-9-17(13-27)19-12-20(28)26-23(25-19)18-8-3-4-10-24-18/h3-8,10,12,17H,9,11,13-14H2,1-2H3,(H,25,26,28)/t17-/m0/s1. The van der Waals surface area contributed by atoms with Crippen molar-refractivity contribution in [1.82, 2.24) is 19.9 Å². The largest absolute Gasteiger partial charge is 0.483 e. The van der Waals surface area contributed by atoms with Crippen molar-refractivity contribution >= 4 is 5.91 Å². The van der Waals surface area contributed by atoms with E-state index in [4.69, 9.17) is 4.74 Å². The Morgan fingerprint density at radius 1 is 1.20 bits per heavy atom. The van der Waals surface area contributed by atoms with E-state index in [0.29, 0.717) is 30.3 Å². The molecular weight excluding hydrogens is 380 g/mol. The van der Waals surface area contributed by atoms with Gasteiger partial charge in [0.05, 0.1) is 5.69 Å². The van der Waals surface area contributed by atoms with Gasteiger partial charge in [-0.1, -0.05) is 24.3 Å². The van der Waals surface area contributed by atoms with E-state index in [-0.39, 0.29) is 24.0 Å². The van der Waals surface area contributed by atoms with Crippen molar-refractivity contribution in [1.29, 1.82) is 0 Å². The number of likely N-dealkylation sites (tertiary alicyclic amines) is 1. The van der Waals surface area contributed by atoms with Crippen LogP contribution in [0.3, 0.4) is 0 Å². The molecule has 154 valence electrons. The summed E-state index contributed by atoms with van der Waals surface area (Å²) in [6, 6.07) is 12.9. The second-order valence-corrected chi connectivity index (χ2v) is 7.57. The number of pyridine rings is 1. The topological polar surface area (TPSA) is 88.2 Å². The van der Waals surface area contributed by atoms with E-state index in [1.54, 1.807) is 17.2 Å². The monoisotopic (exact) mass is 404 g/mol. The van der Waals surface area contributed by atoms with Gasteiger partial charge in [-0.05, 0) is 43.5 Å². The number of ether oxygens (including phenoxy) is 1. The molecule has 30 heavy (non-hydrogen) atoms. The van der Waals surface area contributed by atoms with E-state index in [2.05, 4.69) is 15.0 Å². The summed E-state index contributed by atoms with van der Waals surface area (Å²) in [5.74, 6) is 1.16. The van der Waals surface area contributed by atoms with Gasteiger partial charge in [-0.3, -0.25) is 14.6 Å². The zero-order valence-electron chi connectivity index (χ0n) is 17.1. The Labute approximate surface area is 174 Å². The molecule has 7 heteroatoms. The number of carbonyl (C=O) groups is 1. The number of benzene rings is 1. The number of carbonyl (C=O) groups excluding carboxylic acids is 1. The maximum Gasteiger partial charge on any atom is 0.260 e. The zero-order valence-corrected chi connectivity index (χ0v) is 17.1.